The van der Waals surface area contributed by atoms with Gasteiger partial charge in [0.25, 0.3) is 0 Å². The van der Waals surface area contributed by atoms with E-state index in [9.17, 15) is 0 Å². The van der Waals surface area contributed by atoms with Gasteiger partial charge in [0.1, 0.15) is 0 Å². The van der Waals surface area contributed by atoms with Crippen LogP contribution in [0.1, 0.15) is 19.8 Å². The van der Waals surface area contributed by atoms with Gasteiger partial charge in [0.15, 0.2) is 0 Å². The van der Waals surface area contributed by atoms with Gasteiger partial charge in [-0.05, 0) is 6.04 Å². The van der Waals surface area contributed by atoms with Crippen LogP contribution in [-0.4, -0.2) is 28.1 Å². The maximum atomic E-state index is 4.65. The van der Waals surface area contributed by atoms with Crippen LogP contribution in [0.4, 0.5) is 0 Å². The van der Waals surface area contributed by atoms with Crippen molar-refractivity contribution in [2.75, 3.05) is 0 Å². The van der Waals surface area contributed by atoms with Gasteiger partial charge in [-0.15, -0.1) is 0 Å². The Bertz CT molecular complexity index is 58.0. The molecule has 0 saturated carbocycles. The third-order valence-corrected chi connectivity index (χ3v) is 2.37. The van der Waals surface area contributed by atoms with Crippen molar-refractivity contribution in [1.82, 2.24) is 0 Å². The Morgan fingerprint density at radius 2 is 2.00 bits per heavy atom. The SMILES string of the molecule is CCCC[SiH]1OO1.[LiH]. The zero-order chi connectivity index (χ0) is 5.11. The van der Waals surface area contributed by atoms with Crippen LogP contribution in [-0.2, 0) is 9.15 Å². The summed E-state index contributed by atoms with van der Waals surface area (Å²) in [5.41, 5.74) is 0. The summed E-state index contributed by atoms with van der Waals surface area (Å²) in [6.45, 7) is 2.18. The van der Waals surface area contributed by atoms with Crippen LogP contribution < -0.4 is 0 Å². The van der Waals surface area contributed by atoms with Crippen molar-refractivity contribution in [2.45, 2.75) is 25.8 Å². The van der Waals surface area contributed by atoms with Crippen LogP contribution in [0.15, 0.2) is 0 Å². The van der Waals surface area contributed by atoms with Crippen LogP contribution >= 0.6 is 0 Å². The van der Waals surface area contributed by atoms with Gasteiger partial charge >= 0.3 is 28.1 Å². The molecule has 1 heterocycles. The topological polar surface area (TPSA) is 25.1 Å². The van der Waals surface area contributed by atoms with Gasteiger partial charge in [-0.1, -0.05) is 19.8 Å². The molecule has 1 saturated heterocycles. The number of hydrogen-bond acceptors (Lipinski definition) is 2. The summed E-state index contributed by atoms with van der Waals surface area (Å²) in [5, 5.41) is 0. The predicted octanol–water partition coefficient (Wildman–Crippen LogP) is 0.320. The van der Waals surface area contributed by atoms with Gasteiger partial charge in [0, 0.05) is 0 Å². The maximum absolute atomic E-state index is 4.65. The van der Waals surface area contributed by atoms with Crippen molar-refractivity contribution >= 4 is 28.1 Å². The van der Waals surface area contributed by atoms with Crippen molar-refractivity contribution in [1.29, 1.82) is 0 Å². The molecule has 0 atom stereocenters. The molecule has 0 aliphatic carbocycles. The molecule has 0 N–H and O–H groups in total. The number of unbranched alkanes of at least 4 members (excludes halogenated alkanes) is 1. The standard InChI is InChI=1S/C4H10O2Si.Li.H/c1-2-3-4-7-5-6-7;;/h7H,2-4H2,1H3;;. The summed E-state index contributed by atoms with van der Waals surface area (Å²) in [4.78, 5) is 0. The van der Waals surface area contributed by atoms with E-state index in [4.69, 9.17) is 0 Å². The van der Waals surface area contributed by atoms with Crippen LogP contribution in [0, 0.1) is 0 Å². The molecule has 44 valence electrons. The fourth-order valence-corrected chi connectivity index (χ4v) is 1.75. The molecule has 0 aromatic carbocycles. The summed E-state index contributed by atoms with van der Waals surface area (Å²) in [6.07, 6.45) is 2.53. The molecule has 2 nitrogen and oxygen atoms in total. The number of hydrogen-bond donors (Lipinski definition) is 0. The normalized spacial score (nSPS) is 17.6. The first kappa shape index (κ1) is 8.73. The van der Waals surface area contributed by atoms with Gasteiger partial charge in [0.2, 0.25) is 0 Å². The molecular weight excluding hydrogens is 115 g/mol. The van der Waals surface area contributed by atoms with Crippen molar-refractivity contribution < 1.29 is 9.15 Å². The summed E-state index contributed by atoms with van der Waals surface area (Å²) in [7, 11) is -0.938. The van der Waals surface area contributed by atoms with E-state index in [0.29, 0.717) is 0 Å². The summed E-state index contributed by atoms with van der Waals surface area (Å²) in [6, 6.07) is 1.20. The first-order valence-corrected chi connectivity index (χ1v) is 4.51. The van der Waals surface area contributed by atoms with Gasteiger partial charge in [0.05, 0.1) is 0 Å². The Morgan fingerprint density at radius 3 is 2.38 bits per heavy atom. The fraction of sp³-hybridized carbons (Fsp3) is 1.00. The van der Waals surface area contributed by atoms with Crippen molar-refractivity contribution in [3.63, 3.8) is 0 Å². The van der Waals surface area contributed by atoms with E-state index in [1.54, 1.807) is 0 Å². The van der Waals surface area contributed by atoms with E-state index in [1.807, 2.05) is 0 Å². The second-order valence-electron chi connectivity index (χ2n) is 1.76. The van der Waals surface area contributed by atoms with E-state index in [0.717, 1.165) is 0 Å². The van der Waals surface area contributed by atoms with Crippen LogP contribution in [0.5, 0.6) is 0 Å². The molecule has 0 unspecified atom stereocenters. The molecule has 1 fully saturated rings. The van der Waals surface area contributed by atoms with Gasteiger partial charge in [-0.2, -0.15) is 0 Å². The fourth-order valence-electron chi connectivity index (χ4n) is 0.506. The van der Waals surface area contributed by atoms with E-state index in [2.05, 4.69) is 16.1 Å². The van der Waals surface area contributed by atoms with Gasteiger partial charge < -0.3 is 0 Å². The second kappa shape index (κ2) is 4.60. The van der Waals surface area contributed by atoms with Gasteiger partial charge in [-0.3, -0.25) is 9.15 Å². The minimum atomic E-state index is -0.938. The summed E-state index contributed by atoms with van der Waals surface area (Å²) >= 11 is 0. The Morgan fingerprint density at radius 1 is 1.38 bits per heavy atom. The zero-order valence-electron chi connectivity index (χ0n) is 4.52. The van der Waals surface area contributed by atoms with Crippen LogP contribution in [0.2, 0.25) is 6.04 Å². The molecule has 0 aromatic rings. The molecule has 1 aliphatic heterocycles. The third kappa shape index (κ3) is 3.70. The third-order valence-electron chi connectivity index (χ3n) is 1.03. The van der Waals surface area contributed by atoms with Crippen LogP contribution in [0.3, 0.4) is 0 Å². The van der Waals surface area contributed by atoms with Gasteiger partial charge in [-0.25, -0.2) is 0 Å². The summed E-state index contributed by atoms with van der Waals surface area (Å²) < 4.78 is 9.30. The molecule has 0 amide bonds. The Hall–Kier alpha value is 0.734. The number of rotatable bonds is 3. The monoisotopic (exact) mass is 126 g/mol. The van der Waals surface area contributed by atoms with E-state index in [1.165, 1.54) is 18.9 Å². The molecule has 0 aromatic heterocycles. The first-order chi connectivity index (χ1) is 3.43. The van der Waals surface area contributed by atoms with E-state index < -0.39 is 9.28 Å². The average Bonchev–Trinajstić information content (AvgIpc) is 2.42. The van der Waals surface area contributed by atoms with Crippen molar-refractivity contribution in [3.05, 3.63) is 0 Å². The zero-order valence-corrected chi connectivity index (χ0v) is 5.67. The molecule has 0 bridgehead atoms. The molecule has 1 rings (SSSR count). The quantitative estimate of drug-likeness (QED) is 0.309. The second-order valence-corrected chi connectivity index (χ2v) is 3.59. The Balaban J connectivity index is 0.000000490. The summed E-state index contributed by atoms with van der Waals surface area (Å²) in [5.74, 6) is 0. The van der Waals surface area contributed by atoms with Crippen molar-refractivity contribution in [3.8, 4) is 0 Å². The molecule has 0 spiro atoms. The average molecular weight is 126 g/mol. The minimum absolute atomic E-state index is 0. The molecule has 8 heavy (non-hydrogen) atoms. The van der Waals surface area contributed by atoms with E-state index >= 15 is 0 Å². The Kier molecular flexibility index (Phi) is 5.02. The van der Waals surface area contributed by atoms with Crippen molar-refractivity contribution in [2.24, 2.45) is 0 Å². The predicted molar refractivity (Wildman–Crippen MR) is 36.2 cm³/mol. The van der Waals surface area contributed by atoms with Crippen LogP contribution in [0.25, 0.3) is 0 Å². The molecule has 4 heteroatoms. The Labute approximate surface area is 63.5 Å². The van der Waals surface area contributed by atoms with E-state index in [-0.39, 0.29) is 18.9 Å². The first-order valence-electron chi connectivity index (χ1n) is 2.75. The molecular formula is C4H11LiO2Si. The molecule has 1 aliphatic rings. The molecule has 0 radical (unpaired) electrons.